The predicted molar refractivity (Wildman–Crippen MR) is 73.3 cm³/mol. The zero-order valence-corrected chi connectivity index (χ0v) is 11.4. The second-order valence-electron chi connectivity index (χ2n) is 4.70. The number of hydrogen-bond donors (Lipinski definition) is 1. The third-order valence-electron chi connectivity index (χ3n) is 3.22. The van der Waals surface area contributed by atoms with E-state index < -0.39 is 0 Å². The Balaban J connectivity index is 2.41. The smallest absolute Gasteiger partial charge is 0.165 e. The van der Waals surface area contributed by atoms with Crippen LogP contribution in [0.2, 0.25) is 0 Å². The molecule has 0 amide bonds. The van der Waals surface area contributed by atoms with Gasteiger partial charge in [-0.05, 0) is 24.1 Å². The molecule has 3 heteroatoms. The average molecular weight is 253 g/mol. The van der Waals surface area contributed by atoms with E-state index >= 15 is 0 Å². The van der Waals surface area contributed by atoms with Crippen LogP contribution in [0.3, 0.4) is 0 Å². The van der Waals surface area contributed by atoms with Crippen molar-refractivity contribution in [2.45, 2.75) is 51.5 Å². The Morgan fingerprint density at radius 3 is 2.56 bits per heavy atom. The van der Waals surface area contributed by atoms with Crippen molar-refractivity contribution in [3.63, 3.8) is 0 Å². The quantitative estimate of drug-likeness (QED) is 0.705. The van der Waals surface area contributed by atoms with E-state index in [4.69, 9.17) is 10.5 Å². The highest BCUT2D eigenvalue weighted by atomic mass is 19.1. The van der Waals surface area contributed by atoms with Crippen LogP contribution in [0.1, 0.15) is 57.1 Å². The van der Waals surface area contributed by atoms with E-state index in [0.29, 0.717) is 0 Å². The molecule has 1 aromatic rings. The molecule has 0 aliphatic carbocycles. The first-order valence-electron chi connectivity index (χ1n) is 6.78. The third kappa shape index (κ3) is 4.65. The summed E-state index contributed by atoms with van der Waals surface area (Å²) in [5, 5.41) is 0. The van der Waals surface area contributed by atoms with E-state index in [1.54, 1.807) is 6.07 Å². The molecule has 0 heterocycles. The number of methoxy groups -OCH3 is 1. The van der Waals surface area contributed by atoms with Gasteiger partial charge in [-0.3, -0.25) is 0 Å². The minimum absolute atomic E-state index is 0.0768. The molecule has 0 aliphatic rings. The van der Waals surface area contributed by atoms with Crippen LogP contribution in [-0.4, -0.2) is 7.11 Å². The molecular formula is C15H24FNO. The van der Waals surface area contributed by atoms with Crippen molar-refractivity contribution in [2.24, 2.45) is 5.73 Å². The Hall–Kier alpha value is -1.09. The predicted octanol–water partition coefficient (Wildman–Crippen LogP) is 4.19. The van der Waals surface area contributed by atoms with E-state index in [1.165, 1.54) is 38.9 Å². The van der Waals surface area contributed by atoms with Crippen LogP contribution in [0.4, 0.5) is 4.39 Å². The summed E-state index contributed by atoms with van der Waals surface area (Å²) >= 11 is 0. The Morgan fingerprint density at radius 1 is 1.22 bits per heavy atom. The highest BCUT2D eigenvalue weighted by molar-refractivity contribution is 5.30. The minimum Gasteiger partial charge on any atom is -0.494 e. The first-order chi connectivity index (χ1) is 8.69. The van der Waals surface area contributed by atoms with Crippen molar-refractivity contribution in [1.29, 1.82) is 0 Å². The molecule has 2 nitrogen and oxygen atoms in total. The third-order valence-corrected chi connectivity index (χ3v) is 3.22. The van der Waals surface area contributed by atoms with Crippen LogP contribution in [0.15, 0.2) is 18.2 Å². The lowest BCUT2D eigenvalue weighted by Gasteiger charge is -2.13. The van der Waals surface area contributed by atoms with Gasteiger partial charge < -0.3 is 10.5 Å². The molecule has 1 atom stereocenters. The van der Waals surface area contributed by atoms with E-state index in [2.05, 4.69) is 6.92 Å². The Bertz CT molecular complexity index is 354. The second-order valence-corrected chi connectivity index (χ2v) is 4.70. The SMILES string of the molecule is CCCCCCCC(N)c1ccc(OC)c(F)c1. The van der Waals surface area contributed by atoms with Crippen molar-refractivity contribution in [1.82, 2.24) is 0 Å². The van der Waals surface area contributed by atoms with Gasteiger partial charge >= 0.3 is 0 Å². The Morgan fingerprint density at radius 2 is 1.94 bits per heavy atom. The highest BCUT2D eigenvalue weighted by Gasteiger charge is 2.09. The lowest BCUT2D eigenvalue weighted by Crippen LogP contribution is -2.10. The van der Waals surface area contributed by atoms with Crippen molar-refractivity contribution < 1.29 is 9.13 Å². The number of unbranched alkanes of at least 4 members (excludes halogenated alkanes) is 4. The standard InChI is InChI=1S/C15H24FNO/c1-3-4-5-6-7-8-14(17)12-9-10-15(18-2)13(16)11-12/h9-11,14H,3-8,17H2,1-2H3. The summed E-state index contributed by atoms with van der Waals surface area (Å²) in [6, 6.07) is 4.89. The molecule has 18 heavy (non-hydrogen) atoms. The van der Waals surface area contributed by atoms with Gasteiger partial charge in [-0.1, -0.05) is 45.1 Å². The van der Waals surface area contributed by atoms with E-state index in [-0.39, 0.29) is 17.6 Å². The van der Waals surface area contributed by atoms with Gasteiger partial charge in [0, 0.05) is 6.04 Å². The second kappa shape index (κ2) is 8.09. The average Bonchev–Trinajstić information content (AvgIpc) is 2.38. The summed E-state index contributed by atoms with van der Waals surface area (Å²) in [5.41, 5.74) is 6.91. The van der Waals surface area contributed by atoms with Gasteiger partial charge in [0.1, 0.15) is 0 Å². The maximum atomic E-state index is 13.5. The van der Waals surface area contributed by atoms with Crippen LogP contribution in [-0.2, 0) is 0 Å². The van der Waals surface area contributed by atoms with E-state index in [1.807, 2.05) is 6.07 Å². The van der Waals surface area contributed by atoms with E-state index in [9.17, 15) is 4.39 Å². The maximum absolute atomic E-state index is 13.5. The molecular weight excluding hydrogens is 229 g/mol. The number of rotatable bonds is 8. The van der Waals surface area contributed by atoms with Crippen molar-refractivity contribution in [3.8, 4) is 5.75 Å². The Labute approximate surface area is 109 Å². The Kier molecular flexibility index (Phi) is 6.73. The molecule has 0 aromatic heterocycles. The number of benzene rings is 1. The normalized spacial score (nSPS) is 12.4. The summed E-state index contributed by atoms with van der Waals surface area (Å²) < 4.78 is 18.4. The molecule has 1 aromatic carbocycles. The molecule has 0 aliphatic heterocycles. The van der Waals surface area contributed by atoms with Gasteiger partial charge in [-0.15, -0.1) is 0 Å². The van der Waals surface area contributed by atoms with Gasteiger partial charge in [0.05, 0.1) is 7.11 Å². The number of halogens is 1. The summed E-state index contributed by atoms with van der Waals surface area (Å²) in [4.78, 5) is 0. The fourth-order valence-corrected chi connectivity index (χ4v) is 2.05. The molecule has 2 N–H and O–H groups in total. The number of hydrogen-bond acceptors (Lipinski definition) is 2. The summed E-state index contributed by atoms with van der Waals surface area (Å²) in [7, 11) is 1.46. The van der Waals surface area contributed by atoms with E-state index in [0.717, 1.165) is 18.4 Å². The van der Waals surface area contributed by atoms with Crippen LogP contribution in [0.5, 0.6) is 5.75 Å². The monoisotopic (exact) mass is 253 g/mol. The molecule has 0 saturated carbocycles. The number of nitrogens with two attached hydrogens (primary N) is 1. The molecule has 1 unspecified atom stereocenters. The number of ether oxygens (including phenoxy) is 1. The topological polar surface area (TPSA) is 35.2 Å². The molecule has 0 saturated heterocycles. The molecule has 0 radical (unpaired) electrons. The van der Waals surface area contributed by atoms with Crippen molar-refractivity contribution in [3.05, 3.63) is 29.6 Å². The molecule has 0 bridgehead atoms. The lowest BCUT2D eigenvalue weighted by molar-refractivity contribution is 0.385. The first-order valence-corrected chi connectivity index (χ1v) is 6.78. The highest BCUT2D eigenvalue weighted by Crippen LogP contribution is 2.23. The van der Waals surface area contributed by atoms with Gasteiger partial charge in [0.25, 0.3) is 0 Å². The molecule has 102 valence electrons. The fraction of sp³-hybridized carbons (Fsp3) is 0.600. The van der Waals surface area contributed by atoms with Crippen molar-refractivity contribution >= 4 is 0 Å². The zero-order chi connectivity index (χ0) is 13.4. The summed E-state index contributed by atoms with van der Waals surface area (Å²) in [6.07, 6.45) is 7.02. The van der Waals surface area contributed by atoms with Crippen molar-refractivity contribution in [2.75, 3.05) is 7.11 Å². The van der Waals surface area contributed by atoms with Gasteiger partial charge in [-0.25, -0.2) is 4.39 Å². The minimum atomic E-state index is -0.337. The van der Waals surface area contributed by atoms with Gasteiger partial charge in [0.2, 0.25) is 0 Å². The zero-order valence-electron chi connectivity index (χ0n) is 11.4. The lowest BCUT2D eigenvalue weighted by atomic mass is 10.0. The molecule has 1 rings (SSSR count). The summed E-state index contributed by atoms with van der Waals surface area (Å²) in [6.45, 7) is 2.20. The van der Waals surface area contributed by atoms with Crippen LogP contribution >= 0.6 is 0 Å². The van der Waals surface area contributed by atoms with Crippen LogP contribution < -0.4 is 10.5 Å². The largest absolute Gasteiger partial charge is 0.494 e. The first kappa shape index (κ1) is 15.0. The van der Waals surface area contributed by atoms with Gasteiger partial charge in [0.15, 0.2) is 11.6 Å². The summed E-state index contributed by atoms with van der Waals surface area (Å²) in [5.74, 6) is -0.0645. The molecule has 0 spiro atoms. The molecule has 0 fully saturated rings. The maximum Gasteiger partial charge on any atom is 0.165 e. The van der Waals surface area contributed by atoms with Crippen LogP contribution in [0, 0.1) is 5.82 Å². The fourth-order valence-electron chi connectivity index (χ4n) is 2.05. The van der Waals surface area contributed by atoms with Crippen LogP contribution in [0.25, 0.3) is 0 Å². The van der Waals surface area contributed by atoms with Gasteiger partial charge in [-0.2, -0.15) is 0 Å².